The van der Waals surface area contributed by atoms with Gasteiger partial charge in [0.1, 0.15) is 0 Å². The highest BCUT2D eigenvalue weighted by atomic mass is 28.3. The molecule has 0 heterocycles. The summed E-state index contributed by atoms with van der Waals surface area (Å²) >= 11 is 0. The van der Waals surface area contributed by atoms with Gasteiger partial charge in [0.25, 0.3) is 0 Å². The summed E-state index contributed by atoms with van der Waals surface area (Å²) in [4.78, 5) is 4.88. The number of hydrogen-bond donors (Lipinski definition) is 0. The van der Waals surface area contributed by atoms with Crippen LogP contribution < -0.4 is 15.0 Å². The molecule has 0 bridgehead atoms. The minimum absolute atomic E-state index is 0.245. The monoisotopic (exact) mass is 700 g/mol. The fourth-order valence-electron chi connectivity index (χ4n) is 8.40. The molecular formula is C50H44N2Si. The van der Waals surface area contributed by atoms with Gasteiger partial charge in [0.2, 0.25) is 0 Å². The summed E-state index contributed by atoms with van der Waals surface area (Å²) in [5.74, 6) is 0. The minimum atomic E-state index is -1.48. The normalized spacial score (nSPS) is 13.2. The Hall–Kier alpha value is -5.90. The number of nitrogens with zero attached hydrogens (tertiary/aromatic N) is 2. The largest absolute Gasteiger partial charge is 0.310 e. The molecule has 9 rings (SSSR count). The van der Waals surface area contributed by atoms with E-state index in [1.807, 2.05) is 0 Å². The predicted octanol–water partition coefficient (Wildman–Crippen LogP) is 13.8. The highest BCUT2D eigenvalue weighted by Crippen LogP contribution is 2.56. The Bertz CT molecular complexity index is 2570. The van der Waals surface area contributed by atoms with Crippen LogP contribution in [-0.2, 0) is 5.41 Å². The van der Waals surface area contributed by atoms with Gasteiger partial charge < -0.3 is 9.80 Å². The van der Waals surface area contributed by atoms with Crippen molar-refractivity contribution in [1.29, 1.82) is 0 Å². The Morgan fingerprint density at radius 1 is 0.415 bits per heavy atom. The van der Waals surface area contributed by atoms with Crippen molar-refractivity contribution in [2.45, 2.75) is 38.9 Å². The Morgan fingerprint density at radius 3 is 1.62 bits per heavy atom. The summed E-state index contributed by atoms with van der Waals surface area (Å²) < 4.78 is 0. The molecule has 53 heavy (non-hydrogen) atoms. The van der Waals surface area contributed by atoms with Gasteiger partial charge in [-0.1, -0.05) is 154 Å². The van der Waals surface area contributed by atoms with Gasteiger partial charge in [-0.3, -0.25) is 0 Å². The third kappa shape index (κ3) is 5.55. The van der Waals surface area contributed by atoms with Crippen molar-refractivity contribution >= 4 is 68.9 Å². The van der Waals surface area contributed by atoms with Gasteiger partial charge in [0.05, 0.1) is 19.4 Å². The molecule has 0 amide bonds. The molecule has 8 aromatic rings. The summed E-state index contributed by atoms with van der Waals surface area (Å²) in [7, 11) is -1.48. The van der Waals surface area contributed by atoms with Crippen molar-refractivity contribution in [3.8, 4) is 11.1 Å². The van der Waals surface area contributed by atoms with E-state index in [0.717, 1.165) is 17.1 Å². The van der Waals surface area contributed by atoms with Gasteiger partial charge in [0, 0.05) is 38.9 Å². The molecule has 0 unspecified atom stereocenters. The molecule has 0 atom stereocenters. The lowest BCUT2D eigenvalue weighted by Gasteiger charge is -2.31. The van der Waals surface area contributed by atoms with Crippen molar-refractivity contribution in [3.63, 3.8) is 0 Å². The Kier molecular flexibility index (Phi) is 7.87. The zero-order chi connectivity index (χ0) is 36.3. The van der Waals surface area contributed by atoms with Gasteiger partial charge in [0.15, 0.2) is 0 Å². The van der Waals surface area contributed by atoms with Crippen molar-refractivity contribution in [3.05, 3.63) is 187 Å². The molecule has 0 N–H and O–H groups in total. The molecule has 3 heteroatoms. The van der Waals surface area contributed by atoms with Crippen LogP contribution in [0.1, 0.15) is 25.0 Å². The molecule has 0 aliphatic heterocycles. The van der Waals surface area contributed by atoms with Gasteiger partial charge >= 0.3 is 0 Å². The third-order valence-electron chi connectivity index (χ3n) is 11.2. The first-order valence-electron chi connectivity index (χ1n) is 18.7. The number of fused-ring (bicyclic) bond motifs is 6. The highest BCUT2D eigenvalue weighted by Gasteiger charge is 2.38. The molecule has 258 valence electrons. The van der Waals surface area contributed by atoms with Crippen LogP contribution in [0.5, 0.6) is 0 Å². The van der Waals surface area contributed by atoms with Gasteiger partial charge in [-0.15, -0.1) is 0 Å². The topological polar surface area (TPSA) is 6.48 Å². The van der Waals surface area contributed by atoms with E-state index in [4.69, 9.17) is 0 Å². The molecule has 0 aromatic heterocycles. The number of hydrogen-bond acceptors (Lipinski definition) is 2. The van der Waals surface area contributed by atoms with E-state index >= 15 is 0 Å². The van der Waals surface area contributed by atoms with E-state index in [1.54, 1.807) is 0 Å². The first-order chi connectivity index (χ1) is 25.7. The second-order valence-corrected chi connectivity index (χ2v) is 20.9. The Morgan fingerprint density at radius 2 is 0.962 bits per heavy atom. The van der Waals surface area contributed by atoms with Crippen LogP contribution in [0.3, 0.4) is 0 Å². The lowest BCUT2D eigenvalue weighted by molar-refractivity contribution is 0.661. The van der Waals surface area contributed by atoms with Crippen LogP contribution in [-0.4, -0.2) is 8.07 Å². The maximum absolute atomic E-state index is 2.51. The molecule has 8 aromatic carbocycles. The Labute approximate surface area is 314 Å². The number of para-hydroxylation sites is 2. The van der Waals surface area contributed by atoms with E-state index < -0.39 is 8.07 Å². The molecule has 1 aliphatic carbocycles. The van der Waals surface area contributed by atoms with Crippen LogP contribution in [0.4, 0.5) is 34.1 Å². The second-order valence-electron chi connectivity index (χ2n) is 15.9. The fourth-order valence-corrected chi connectivity index (χ4v) is 9.57. The van der Waals surface area contributed by atoms with Crippen LogP contribution in [0.2, 0.25) is 19.6 Å². The van der Waals surface area contributed by atoms with Gasteiger partial charge in [-0.05, 0) is 93.7 Å². The quantitative estimate of drug-likeness (QED) is 0.153. The molecular weight excluding hydrogens is 657 g/mol. The maximum Gasteiger partial charge on any atom is 0.0775 e. The number of anilines is 6. The third-order valence-corrected chi connectivity index (χ3v) is 13.2. The number of rotatable bonds is 7. The van der Waals surface area contributed by atoms with Crippen LogP contribution in [0, 0.1) is 0 Å². The van der Waals surface area contributed by atoms with E-state index in [0.29, 0.717) is 0 Å². The van der Waals surface area contributed by atoms with Crippen LogP contribution in [0.15, 0.2) is 176 Å². The van der Waals surface area contributed by atoms with E-state index in [1.165, 1.54) is 66.0 Å². The predicted molar refractivity (Wildman–Crippen MR) is 231 cm³/mol. The average Bonchev–Trinajstić information content (AvgIpc) is 3.41. The van der Waals surface area contributed by atoms with E-state index in [-0.39, 0.29) is 5.41 Å². The van der Waals surface area contributed by atoms with E-state index in [2.05, 4.69) is 219 Å². The van der Waals surface area contributed by atoms with Gasteiger partial charge in [-0.25, -0.2) is 0 Å². The second kappa shape index (κ2) is 12.6. The maximum atomic E-state index is 2.51. The molecule has 1 aliphatic rings. The fraction of sp³-hybridized carbons (Fsp3) is 0.120. The summed E-state index contributed by atoms with van der Waals surface area (Å²) in [6, 6.07) is 64.9. The first-order valence-corrected chi connectivity index (χ1v) is 22.2. The molecule has 0 fully saturated rings. The van der Waals surface area contributed by atoms with E-state index in [9.17, 15) is 0 Å². The minimum Gasteiger partial charge on any atom is -0.310 e. The standard InChI is InChI=1S/C50H44N2Si/c1-50(2)45-33-39(51(36-19-8-6-9-20-36)37-21-10-7-11-22-37)29-32-44(45)49-43-25-15-14-24-42(43)48(34-46(49)50)52(38-27-30-40(31-28-38)53(3,4)5)47-26-16-18-35-17-12-13-23-41(35)47/h6-34H,1-5H3. The summed E-state index contributed by atoms with van der Waals surface area (Å²) in [6.45, 7) is 12.1. The Balaban J connectivity index is 1.27. The highest BCUT2D eigenvalue weighted by molar-refractivity contribution is 6.88. The van der Waals surface area contributed by atoms with Crippen molar-refractivity contribution < 1.29 is 0 Å². The molecule has 0 saturated heterocycles. The summed E-state index contributed by atoms with van der Waals surface area (Å²) in [6.07, 6.45) is 0. The first kappa shape index (κ1) is 33.0. The van der Waals surface area contributed by atoms with Gasteiger partial charge in [-0.2, -0.15) is 0 Å². The lowest BCUT2D eigenvalue weighted by atomic mass is 9.81. The van der Waals surface area contributed by atoms with Crippen LogP contribution in [0.25, 0.3) is 32.7 Å². The average molecular weight is 701 g/mol. The molecule has 2 nitrogen and oxygen atoms in total. The van der Waals surface area contributed by atoms with Crippen LogP contribution >= 0.6 is 0 Å². The van der Waals surface area contributed by atoms with Crippen molar-refractivity contribution in [2.75, 3.05) is 9.80 Å². The zero-order valence-electron chi connectivity index (χ0n) is 31.1. The molecule has 0 radical (unpaired) electrons. The molecule has 0 spiro atoms. The summed E-state index contributed by atoms with van der Waals surface area (Å²) in [5.41, 5.74) is 12.1. The van der Waals surface area contributed by atoms with Crippen molar-refractivity contribution in [2.24, 2.45) is 0 Å². The smallest absolute Gasteiger partial charge is 0.0775 e. The molecule has 0 saturated carbocycles. The SMILES string of the molecule is CC1(C)c2cc(N(c3ccccc3)c3ccccc3)ccc2-c2c1cc(N(c1ccc([Si](C)(C)C)cc1)c1cccc3ccccc13)c1ccccc21. The van der Waals surface area contributed by atoms with Crippen molar-refractivity contribution in [1.82, 2.24) is 0 Å². The lowest BCUT2D eigenvalue weighted by Crippen LogP contribution is -2.37. The summed E-state index contributed by atoms with van der Waals surface area (Å²) in [5, 5.41) is 6.47. The number of benzene rings is 8. The zero-order valence-corrected chi connectivity index (χ0v) is 32.1.